The molecule has 5 rings (SSSR count). The van der Waals surface area contributed by atoms with E-state index in [4.69, 9.17) is 4.74 Å². The molecule has 8 nitrogen and oxygen atoms in total. The van der Waals surface area contributed by atoms with Crippen LogP contribution in [0.1, 0.15) is 31.5 Å². The van der Waals surface area contributed by atoms with Gasteiger partial charge in [0, 0.05) is 35.6 Å². The second-order valence-electron chi connectivity index (χ2n) is 9.11. The normalized spacial score (nSPS) is 29.5. The quantitative estimate of drug-likeness (QED) is 0.526. The van der Waals surface area contributed by atoms with Gasteiger partial charge in [0.25, 0.3) is 5.92 Å². The van der Waals surface area contributed by atoms with Gasteiger partial charge in [-0.3, -0.25) is 4.98 Å². The van der Waals surface area contributed by atoms with E-state index < -0.39 is 47.7 Å². The Hall–Kier alpha value is -4.00. The Kier molecular flexibility index (Phi) is 5.43. The third-order valence-electron chi connectivity index (χ3n) is 7.26. The fraction of sp³-hybridized carbons (Fsp3) is 0.360. The number of carbonyl (C=O) groups is 1. The number of aromatic nitrogens is 5. The second kappa shape index (κ2) is 8.34. The minimum absolute atomic E-state index is 0.537. The summed E-state index contributed by atoms with van der Waals surface area (Å²) in [5.41, 5.74) is 0.953. The third-order valence-corrected chi connectivity index (χ3v) is 7.26. The number of halogens is 2. The van der Waals surface area contributed by atoms with E-state index in [1.165, 1.54) is 13.3 Å². The molecule has 0 N–H and O–H groups in total. The summed E-state index contributed by atoms with van der Waals surface area (Å²) < 4.78 is 37.2. The van der Waals surface area contributed by atoms with Crippen molar-refractivity contribution < 1.29 is 18.3 Å². The van der Waals surface area contributed by atoms with Crippen LogP contribution < -0.4 is 0 Å². The van der Waals surface area contributed by atoms with E-state index in [0.717, 1.165) is 15.8 Å². The monoisotopic (exact) mass is 476 g/mol. The van der Waals surface area contributed by atoms with Crippen molar-refractivity contribution in [2.24, 2.45) is 17.8 Å². The number of allylic oxidation sites excluding steroid dienone is 1. The van der Waals surface area contributed by atoms with Gasteiger partial charge in [-0.05, 0) is 41.5 Å². The number of carbonyl (C=O) groups excluding carboxylic acids is 1. The highest BCUT2D eigenvalue weighted by Crippen LogP contribution is 2.57. The Bertz CT molecular complexity index is 1320. The van der Waals surface area contributed by atoms with Gasteiger partial charge in [0.1, 0.15) is 12.4 Å². The molecule has 2 aromatic heterocycles. The van der Waals surface area contributed by atoms with Crippen molar-refractivity contribution in [3.8, 4) is 17.2 Å². The maximum Gasteiger partial charge on any atom is 0.335 e. The molecule has 1 aromatic carbocycles. The molecule has 0 spiro atoms. The number of fused-ring (bicyclic) bond motifs is 1. The largest absolute Gasteiger partial charge is 0.460 e. The Labute approximate surface area is 200 Å². The van der Waals surface area contributed by atoms with Crippen molar-refractivity contribution in [3.05, 3.63) is 66.3 Å². The highest BCUT2D eigenvalue weighted by Gasteiger charge is 2.69. The van der Waals surface area contributed by atoms with Crippen LogP contribution in [0.15, 0.2) is 55.0 Å². The van der Waals surface area contributed by atoms with Crippen molar-refractivity contribution in [2.75, 3.05) is 0 Å². The van der Waals surface area contributed by atoms with Gasteiger partial charge in [-0.2, -0.15) is 5.26 Å². The Morgan fingerprint density at radius 3 is 2.71 bits per heavy atom. The van der Waals surface area contributed by atoms with Gasteiger partial charge in [0.05, 0.1) is 17.3 Å². The zero-order chi connectivity index (χ0) is 24.8. The first-order valence-electron chi connectivity index (χ1n) is 11.2. The molecule has 0 amide bonds. The molecule has 1 saturated carbocycles. The highest BCUT2D eigenvalue weighted by molar-refractivity contribution is 5.82. The summed E-state index contributed by atoms with van der Waals surface area (Å²) in [6, 6.07) is 13.0. The van der Waals surface area contributed by atoms with Crippen LogP contribution in [0.3, 0.4) is 0 Å². The van der Waals surface area contributed by atoms with Crippen LogP contribution >= 0.6 is 0 Å². The highest BCUT2D eigenvalue weighted by atomic mass is 19.3. The van der Waals surface area contributed by atoms with Crippen LogP contribution in [0.25, 0.3) is 17.2 Å². The number of tetrazole rings is 1. The molecule has 2 fully saturated rings. The molecule has 5 atom stereocenters. The summed E-state index contributed by atoms with van der Waals surface area (Å²) in [5.74, 6) is -6.24. The van der Waals surface area contributed by atoms with Crippen LogP contribution in [0.4, 0.5) is 8.78 Å². The van der Waals surface area contributed by atoms with Crippen LogP contribution in [0.5, 0.6) is 0 Å². The van der Waals surface area contributed by atoms with Gasteiger partial charge in [0.15, 0.2) is 5.54 Å². The molecular formula is C25H22F2N6O2. The first kappa shape index (κ1) is 22.8. The average molecular weight is 476 g/mol. The average Bonchev–Trinajstić information content (AvgIpc) is 3.47. The van der Waals surface area contributed by atoms with Gasteiger partial charge >= 0.3 is 5.97 Å². The van der Waals surface area contributed by atoms with Crippen LogP contribution in [-0.2, 0) is 15.1 Å². The van der Waals surface area contributed by atoms with Crippen LogP contribution in [0, 0.1) is 29.1 Å². The number of hydrogen-bond donors (Lipinski definition) is 0. The van der Waals surface area contributed by atoms with Gasteiger partial charge in [0.2, 0.25) is 0 Å². The molecule has 35 heavy (non-hydrogen) atoms. The number of pyridine rings is 1. The first-order valence-corrected chi connectivity index (χ1v) is 11.2. The number of esters is 1. The van der Waals surface area contributed by atoms with Gasteiger partial charge in [-0.1, -0.05) is 37.3 Å². The summed E-state index contributed by atoms with van der Waals surface area (Å²) in [6.07, 6.45) is 4.88. The van der Waals surface area contributed by atoms with Gasteiger partial charge in [-0.25, -0.2) is 18.3 Å². The summed E-state index contributed by atoms with van der Waals surface area (Å²) in [4.78, 5) is 17.4. The fourth-order valence-corrected chi connectivity index (χ4v) is 5.47. The van der Waals surface area contributed by atoms with E-state index in [9.17, 15) is 10.1 Å². The van der Waals surface area contributed by atoms with Crippen molar-refractivity contribution in [2.45, 2.75) is 37.8 Å². The van der Waals surface area contributed by atoms with Gasteiger partial charge in [-0.15, -0.1) is 5.10 Å². The predicted octanol–water partition coefficient (Wildman–Crippen LogP) is 3.87. The molecule has 178 valence electrons. The number of nitrogens with zero attached hydrogens (tertiary/aromatic N) is 6. The zero-order valence-corrected chi connectivity index (χ0v) is 19.0. The SMILES string of the molecule is C[C@H]1OC(=O)[C@]2(n3cnnn3)CC(F)(F)[C@@H](C)[C@H](C=Cc3ccc(-c4ccccc4C#N)cn3)[C@H]12. The number of hydrogen-bond acceptors (Lipinski definition) is 7. The maximum absolute atomic E-state index is 15.3. The molecule has 3 aromatic rings. The molecule has 1 saturated heterocycles. The van der Waals surface area contributed by atoms with Crippen LogP contribution in [0.2, 0.25) is 0 Å². The van der Waals surface area contributed by atoms with E-state index in [-0.39, 0.29) is 0 Å². The van der Waals surface area contributed by atoms with Crippen molar-refractivity contribution >= 4 is 12.0 Å². The Balaban J connectivity index is 1.50. The lowest BCUT2D eigenvalue weighted by Gasteiger charge is -2.47. The topological polar surface area (TPSA) is 107 Å². The number of alkyl halides is 2. The zero-order valence-electron chi connectivity index (χ0n) is 19.0. The summed E-state index contributed by atoms with van der Waals surface area (Å²) in [5, 5.41) is 20.3. The lowest BCUT2D eigenvalue weighted by molar-refractivity contribution is -0.169. The Morgan fingerprint density at radius 2 is 2.03 bits per heavy atom. The fourth-order valence-electron chi connectivity index (χ4n) is 5.47. The Morgan fingerprint density at radius 1 is 1.23 bits per heavy atom. The van der Waals surface area contributed by atoms with Crippen molar-refractivity contribution in [1.29, 1.82) is 5.26 Å². The summed E-state index contributed by atoms with van der Waals surface area (Å²) >= 11 is 0. The van der Waals surface area contributed by atoms with Crippen molar-refractivity contribution in [3.63, 3.8) is 0 Å². The lowest BCUT2D eigenvalue weighted by atomic mass is 9.60. The number of rotatable bonds is 4. The standard InChI is InChI=1S/C25H22F2N6O2/c1-15-20(10-9-19-8-7-18(12-29-19)21-6-4-3-5-17(21)11-28)22-16(2)35-23(34)24(22,13-25(15,26)27)33-14-30-31-32-33/h3-10,12,14-16,20,22H,13H2,1-2H3/t15-,16+,20-,22-,24-/m0/s1. The molecule has 1 aliphatic heterocycles. The predicted molar refractivity (Wildman–Crippen MR) is 120 cm³/mol. The summed E-state index contributed by atoms with van der Waals surface area (Å²) in [7, 11) is 0. The van der Waals surface area contributed by atoms with E-state index in [0.29, 0.717) is 11.3 Å². The minimum atomic E-state index is -3.15. The number of nitriles is 1. The van der Waals surface area contributed by atoms with E-state index in [1.807, 2.05) is 18.2 Å². The number of ether oxygens (including phenoxy) is 1. The van der Waals surface area contributed by atoms with E-state index in [2.05, 4.69) is 26.6 Å². The molecule has 3 heterocycles. The molecule has 0 bridgehead atoms. The summed E-state index contributed by atoms with van der Waals surface area (Å²) in [6.45, 7) is 3.20. The molecule has 2 aliphatic rings. The van der Waals surface area contributed by atoms with E-state index >= 15 is 8.78 Å². The second-order valence-corrected chi connectivity index (χ2v) is 9.11. The molecular weight excluding hydrogens is 454 g/mol. The lowest BCUT2D eigenvalue weighted by Crippen LogP contribution is -2.59. The van der Waals surface area contributed by atoms with Crippen molar-refractivity contribution in [1.82, 2.24) is 25.2 Å². The first-order chi connectivity index (χ1) is 16.8. The smallest absolute Gasteiger partial charge is 0.335 e. The molecule has 1 aliphatic carbocycles. The minimum Gasteiger partial charge on any atom is -0.460 e. The molecule has 0 unspecified atom stereocenters. The molecule has 0 radical (unpaired) electrons. The maximum atomic E-state index is 15.3. The van der Waals surface area contributed by atoms with E-state index in [1.54, 1.807) is 43.5 Å². The molecule has 10 heteroatoms. The number of cyclic esters (lactones) is 1. The number of benzene rings is 1. The van der Waals surface area contributed by atoms with Crippen LogP contribution in [-0.4, -0.2) is 43.2 Å². The van der Waals surface area contributed by atoms with Gasteiger partial charge < -0.3 is 4.74 Å². The third kappa shape index (κ3) is 3.58.